The van der Waals surface area contributed by atoms with Crippen molar-refractivity contribution in [3.63, 3.8) is 0 Å². The Labute approximate surface area is 189 Å². The number of ether oxygens (including phenoxy) is 2. The van der Waals surface area contributed by atoms with Crippen molar-refractivity contribution in [2.24, 2.45) is 0 Å². The summed E-state index contributed by atoms with van der Waals surface area (Å²) >= 11 is 0. The van der Waals surface area contributed by atoms with Crippen LogP contribution in [0.5, 0.6) is 0 Å². The summed E-state index contributed by atoms with van der Waals surface area (Å²) in [5.74, 6) is -1.33. The standard InChI is InChI=1S/C22H27F3N4O4/c1-14-12-15(2)29(27-14)7-6-20(30)33-16(3)21(31)26-18-13-17(22(23,24)25)4-5-19(18)28-8-10-32-11-9-28/h4-5,12-13,16H,6-11H2,1-3H3,(H,26,31)/t16-/m0/s1. The van der Waals surface area contributed by atoms with Gasteiger partial charge in [0.05, 0.1) is 48.8 Å². The van der Waals surface area contributed by atoms with Crippen molar-refractivity contribution in [2.75, 3.05) is 36.5 Å². The highest BCUT2D eigenvalue weighted by Crippen LogP contribution is 2.36. The van der Waals surface area contributed by atoms with E-state index in [0.717, 1.165) is 23.5 Å². The molecule has 1 N–H and O–H groups in total. The molecular formula is C22H27F3N4O4. The Balaban J connectivity index is 1.66. The van der Waals surface area contributed by atoms with Crippen LogP contribution >= 0.6 is 0 Å². The number of aromatic nitrogens is 2. The smallest absolute Gasteiger partial charge is 0.416 e. The van der Waals surface area contributed by atoms with Crippen LogP contribution in [-0.2, 0) is 31.8 Å². The van der Waals surface area contributed by atoms with Crippen molar-refractivity contribution in [1.29, 1.82) is 0 Å². The molecule has 8 nitrogen and oxygen atoms in total. The number of hydrogen-bond acceptors (Lipinski definition) is 6. The Bertz CT molecular complexity index is 1000. The number of aryl methyl sites for hydroxylation is 3. The first-order valence-corrected chi connectivity index (χ1v) is 10.6. The average molecular weight is 468 g/mol. The molecule has 33 heavy (non-hydrogen) atoms. The number of rotatable bonds is 7. The third-order valence-corrected chi connectivity index (χ3v) is 5.24. The van der Waals surface area contributed by atoms with E-state index >= 15 is 0 Å². The molecule has 1 aromatic carbocycles. The van der Waals surface area contributed by atoms with Gasteiger partial charge in [-0.25, -0.2) is 0 Å². The van der Waals surface area contributed by atoms with Gasteiger partial charge in [0.1, 0.15) is 0 Å². The highest BCUT2D eigenvalue weighted by molar-refractivity contribution is 5.98. The molecule has 1 amide bonds. The van der Waals surface area contributed by atoms with Crippen LogP contribution in [0, 0.1) is 13.8 Å². The van der Waals surface area contributed by atoms with E-state index in [1.165, 1.54) is 13.0 Å². The number of halogens is 3. The minimum Gasteiger partial charge on any atom is -0.452 e. The normalized spacial score (nSPS) is 15.3. The van der Waals surface area contributed by atoms with Crippen LogP contribution in [0.25, 0.3) is 0 Å². The van der Waals surface area contributed by atoms with E-state index in [1.807, 2.05) is 24.8 Å². The molecule has 1 aliphatic rings. The van der Waals surface area contributed by atoms with Gasteiger partial charge in [-0.3, -0.25) is 14.3 Å². The Hall–Kier alpha value is -3.08. The van der Waals surface area contributed by atoms with Crippen molar-refractivity contribution < 1.29 is 32.2 Å². The number of nitrogens with one attached hydrogen (secondary N) is 1. The molecule has 1 saturated heterocycles. The highest BCUT2D eigenvalue weighted by atomic mass is 19.4. The maximum Gasteiger partial charge on any atom is 0.416 e. The SMILES string of the molecule is Cc1cc(C)n(CCC(=O)O[C@@H](C)C(=O)Nc2cc(C(F)(F)F)ccc2N2CCOCC2)n1. The topological polar surface area (TPSA) is 85.7 Å². The summed E-state index contributed by atoms with van der Waals surface area (Å²) in [6.45, 7) is 7.18. The zero-order valence-electron chi connectivity index (χ0n) is 18.7. The van der Waals surface area contributed by atoms with E-state index in [4.69, 9.17) is 9.47 Å². The molecule has 0 saturated carbocycles. The zero-order chi connectivity index (χ0) is 24.2. The third kappa shape index (κ3) is 6.47. The number of esters is 1. The van der Waals surface area contributed by atoms with Gasteiger partial charge in [-0.1, -0.05) is 0 Å². The number of benzene rings is 1. The van der Waals surface area contributed by atoms with E-state index in [2.05, 4.69) is 10.4 Å². The molecule has 2 aromatic rings. The second-order valence-electron chi connectivity index (χ2n) is 7.85. The average Bonchev–Trinajstić information content (AvgIpc) is 3.09. The number of amides is 1. The second kappa shape index (κ2) is 10.2. The molecule has 3 rings (SSSR count). The summed E-state index contributed by atoms with van der Waals surface area (Å²) in [6, 6.07) is 5.07. The number of carbonyl (C=O) groups is 2. The number of carbonyl (C=O) groups excluding carboxylic acids is 2. The van der Waals surface area contributed by atoms with E-state index in [0.29, 0.717) is 38.5 Å². The van der Waals surface area contributed by atoms with E-state index < -0.39 is 29.7 Å². The Kier molecular flexibility index (Phi) is 7.62. The first-order chi connectivity index (χ1) is 15.5. The van der Waals surface area contributed by atoms with E-state index in [1.54, 1.807) is 4.68 Å². The molecule has 0 bridgehead atoms. The van der Waals surface area contributed by atoms with Crippen LogP contribution in [0.15, 0.2) is 24.3 Å². The summed E-state index contributed by atoms with van der Waals surface area (Å²) in [5, 5.41) is 6.75. The zero-order valence-corrected chi connectivity index (χ0v) is 18.7. The lowest BCUT2D eigenvalue weighted by Crippen LogP contribution is -2.37. The van der Waals surface area contributed by atoms with Crippen LogP contribution in [0.4, 0.5) is 24.5 Å². The quantitative estimate of drug-likeness (QED) is 0.628. The molecule has 2 heterocycles. The van der Waals surface area contributed by atoms with Crippen molar-refractivity contribution in [3.8, 4) is 0 Å². The molecule has 180 valence electrons. The molecule has 1 aliphatic heterocycles. The van der Waals surface area contributed by atoms with Crippen LogP contribution in [-0.4, -0.2) is 54.1 Å². The monoisotopic (exact) mass is 468 g/mol. The second-order valence-corrected chi connectivity index (χ2v) is 7.85. The molecule has 1 aromatic heterocycles. The van der Waals surface area contributed by atoms with E-state index in [9.17, 15) is 22.8 Å². The lowest BCUT2D eigenvalue weighted by atomic mass is 10.1. The number of hydrogen-bond donors (Lipinski definition) is 1. The molecule has 0 aliphatic carbocycles. The molecule has 11 heteroatoms. The van der Waals surface area contributed by atoms with Gasteiger partial charge in [0, 0.05) is 18.8 Å². The fourth-order valence-electron chi connectivity index (χ4n) is 3.53. The van der Waals surface area contributed by atoms with E-state index in [-0.39, 0.29) is 12.1 Å². The number of morpholine rings is 1. The van der Waals surface area contributed by atoms with Crippen molar-refractivity contribution in [3.05, 3.63) is 41.2 Å². The Morgan fingerprint density at radius 1 is 1.21 bits per heavy atom. The summed E-state index contributed by atoms with van der Waals surface area (Å²) in [4.78, 5) is 26.7. The van der Waals surface area contributed by atoms with Crippen LogP contribution in [0.1, 0.15) is 30.3 Å². The molecule has 0 radical (unpaired) electrons. The predicted molar refractivity (Wildman–Crippen MR) is 115 cm³/mol. The highest BCUT2D eigenvalue weighted by Gasteiger charge is 2.32. The summed E-state index contributed by atoms with van der Waals surface area (Å²) in [7, 11) is 0. The minimum atomic E-state index is -4.57. The van der Waals surface area contributed by atoms with Gasteiger partial charge < -0.3 is 19.7 Å². The first-order valence-electron chi connectivity index (χ1n) is 10.6. The molecule has 0 unspecified atom stereocenters. The summed E-state index contributed by atoms with van der Waals surface area (Å²) in [5.41, 5.74) is 1.28. The van der Waals surface area contributed by atoms with Crippen molar-refractivity contribution in [1.82, 2.24) is 9.78 Å². The Morgan fingerprint density at radius 2 is 1.91 bits per heavy atom. The van der Waals surface area contributed by atoms with Gasteiger partial charge in [-0.15, -0.1) is 0 Å². The maximum atomic E-state index is 13.2. The first kappa shape index (κ1) is 24.6. The number of anilines is 2. The summed E-state index contributed by atoms with van der Waals surface area (Å²) in [6.07, 6.45) is -5.75. The van der Waals surface area contributed by atoms with Crippen LogP contribution in [0.2, 0.25) is 0 Å². The van der Waals surface area contributed by atoms with Gasteiger partial charge in [0.15, 0.2) is 6.10 Å². The van der Waals surface area contributed by atoms with Gasteiger partial charge >= 0.3 is 12.1 Å². The Morgan fingerprint density at radius 3 is 2.52 bits per heavy atom. The largest absolute Gasteiger partial charge is 0.452 e. The van der Waals surface area contributed by atoms with Crippen molar-refractivity contribution in [2.45, 2.75) is 46.0 Å². The molecular weight excluding hydrogens is 441 g/mol. The fraction of sp³-hybridized carbons (Fsp3) is 0.500. The van der Waals surface area contributed by atoms with Crippen LogP contribution in [0.3, 0.4) is 0 Å². The molecule has 1 fully saturated rings. The predicted octanol–water partition coefficient (Wildman–Crippen LogP) is 3.32. The fourth-order valence-corrected chi connectivity index (χ4v) is 3.53. The molecule has 1 atom stereocenters. The van der Waals surface area contributed by atoms with Gasteiger partial charge in [0.2, 0.25) is 0 Å². The van der Waals surface area contributed by atoms with Crippen molar-refractivity contribution >= 4 is 23.3 Å². The number of alkyl halides is 3. The lowest BCUT2D eigenvalue weighted by Gasteiger charge is -2.31. The summed E-state index contributed by atoms with van der Waals surface area (Å²) < 4.78 is 51.9. The van der Waals surface area contributed by atoms with Gasteiger partial charge in [-0.2, -0.15) is 18.3 Å². The van der Waals surface area contributed by atoms with Gasteiger partial charge in [0.25, 0.3) is 5.91 Å². The minimum absolute atomic E-state index is 0.00210. The third-order valence-electron chi connectivity index (χ3n) is 5.24. The molecule has 0 spiro atoms. The maximum absolute atomic E-state index is 13.2. The van der Waals surface area contributed by atoms with Gasteiger partial charge in [-0.05, 0) is 45.0 Å². The number of nitrogens with zero attached hydrogens (tertiary/aromatic N) is 3. The van der Waals surface area contributed by atoms with Crippen LogP contribution < -0.4 is 10.2 Å². The lowest BCUT2D eigenvalue weighted by molar-refractivity contribution is -0.153.